The van der Waals surface area contributed by atoms with Crippen LogP contribution in [0.3, 0.4) is 0 Å². The number of fused-ring (bicyclic) bond motifs is 1. The summed E-state index contributed by atoms with van der Waals surface area (Å²) in [6.45, 7) is 0. The number of imide groups is 1. The topological polar surface area (TPSA) is 49.9 Å². The van der Waals surface area contributed by atoms with E-state index < -0.39 is 24.0 Å². The van der Waals surface area contributed by atoms with Gasteiger partial charge in [-0.1, -0.05) is 59.1 Å². The van der Waals surface area contributed by atoms with Crippen LogP contribution in [0.15, 0.2) is 72.8 Å². The number of amides is 2. The zero-order chi connectivity index (χ0) is 21.7. The molecule has 3 aromatic rings. The second-order valence-corrected chi connectivity index (χ2v) is 8.59. The Balaban J connectivity index is 1.62. The Morgan fingerprint density at radius 2 is 1.42 bits per heavy atom. The van der Waals surface area contributed by atoms with Gasteiger partial charge in [0.2, 0.25) is 5.91 Å². The van der Waals surface area contributed by atoms with E-state index in [1.807, 2.05) is 6.07 Å². The SMILES string of the molecule is O=C1[C@H]2[C@H](ON(c3ccc(Cl)cc3)[C@@H]2c2ccc(Cl)cc2Cl)C(=O)N1c1ccccc1. The first-order valence-electron chi connectivity index (χ1n) is 9.55. The van der Waals surface area contributed by atoms with E-state index in [0.717, 1.165) is 0 Å². The molecule has 2 fully saturated rings. The maximum Gasteiger partial charge on any atom is 0.266 e. The molecule has 5 nitrogen and oxygen atoms in total. The molecule has 0 radical (unpaired) electrons. The van der Waals surface area contributed by atoms with E-state index in [1.165, 1.54) is 4.90 Å². The molecule has 2 amide bonds. The van der Waals surface area contributed by atoms with Gasteiger partial charge in [-0.2, -0.15) is 0 Å². The summed E-state index contributed by atoms with van der Waals surface area (Å²) in [5, 5.41) is 2.99. The molecule has 0 saturated carbocycles. The molecule has 2 aliphatic rings. The Bertz CT molecular complexity index is 1170. The van der Waals surface area contributed by atoms with Crippen molar-refractivity contribution in [2.24, 2.45) is 5.92 Å². The Hall–Kier alpha value is -2.57. The van der Waals surface area contributed by atoms with Crippen molar-refractivity contribution in [3.63, 3.8) is 0 Å². The lowest BCUT2D eigenvalue weighted by Crippen LogP contribution is -2.37. The number of hydroxylamine groups is 1. The zero-order valence-electron chi connectivity index (χ0n) is 15.9. The quantitative estimate of drug-likeness (QED) is 0.458. The number of halogens is 3. The molecule has 0 aromatic heterocycles. The maximum absolute atomic E-state index is 13.5. The van der Waals surface area contributed by atoms with Crippen molar-refractivity contribution >= 4 is 58.0 Å². The van der Waals surface area contributed by atoms with Gasteiger partial charge in [-0.05, 0) is 54.1 Å². The molecule has 0 unspecified atom stereocenters. The molecule has 5 rings (SSSR count). The summed E-state index contributed by atoms with van der Waals surface area (Å²) in [5.74, 6) is -1.52. The fraction of sp³-hybridized carbons (Fsp3) is 0.130. The highest BCUT2D eigenvalue weighted by atomic mass is 35.5. The largest absolute Gasteiger partial charge is 0.273 e. The van der Waals surface area contributed by atoms with Crippen LogP contribution in [0.5, 0.6) is 0 Å². The summed E-state index contributed by atoms with van der Waals surface area (Å²) >= 11 is 18.6. The third kappa shape index (κ3) is 3.38. The van der Waals surface area contributed by atoms with E-state index >= 15 is 0 Å². The number of benzene rings is 3. The minimum Gasteiger partial charge on any atom is -0.273 e. The first-order chi connectivity index (χ1) is 15.0. The third-order valence-corrected chi connectivity index (χ3v) is 6.31. The molecular weight excluding hydrogens is 459 g/mol. The first-order valence-corrected chi connectivity index (χ1v) is 10.7. The molecular formula is C23H15Cl3N2O3. The van der Waals surface area contributed by atoms with Crippen molar-refractivity contribution < 1.29 is 14.4 Å². The maximum atomic E-state index is 13.5. The highest BCUT2D eigenvalue weighted by Gasteiger charge is 2.60. The summed E-state index contributed by atoms with van der Waals surface area (Å²) in [7, 11) is 0. The lowest BCUT2D eigenvalue weighted by Gasteiger charge is -2.29. The van der Waals surface area contributed by atoms with E-state index in [0.29, 0.717) is 32.0 Å². The highest BCUT2D eigenvalue weighted by Crippen LogP contribution is 2.49. The second kappa shape index (κ2) is 7.84. The van der Waals surface area contributed by atoms with Crippen LogP contribution >= 0.6 is 34.8 Å². The van der Waals surface area contributed by atoms with Crippen molar-refractivity contribution in [2.75, 3.05) is 9.96 Å². The van der Waals surface area contributed by atoms with Gasteiger partial charge in [0.05, 0.1) is 17.4 Å². The molecule has 8 heteroatoms. The molecule has 2 heterocycles. The van der Waals surface area contributed by atoms with E-state index in [-0.39, 0.29) is 5.91 Å². The summed E-state index contributed by atoms with van der Waals surface area (Å²) < 4.78 is 0. The summed E-state index contributed by atoms with van der Waals surface area (Å²) in [6.07, 6.45) is -0.972. The van der Waals surface area contributed by atoms with Gasteiger partial charge in [-0.25, -0.2) is 9.96 Å². The lowest BCUT2D eigenvalue weighted by molar-refractivity contribution is -0.126. The predicted octanol–water partition coefficient (Wildman–Crippen LogP) is 5.70. The minimum absolute atomic E-state index is 0.339. The number of hydrogen-bond donors (Lipinski definition) is 0. The summed E-state index contributed by atoms with van der Waals surface area (Å²) in [6, 6.07) is 20.2. The number of nitrogens with zero attached hydrogens (tertiary/aromatic N) is 2. The van der Waals surface area contributed by atoms with Crippen molar-refractivity contribution in [2.45, 2.75) is 12.1 Å². The van der Waals surface area contributed by atoms with Crippen molar-refractivity contribution in [1.82, 2.24) is 0 Å². The Labute approximate surface area is 193 Å². The summed E-state index contributed by atoms with van der Waals surface area (Å²) in [5.41, 5.74) is 1.81. The van der Waals surface area contributed by atoms with Gasteiger partial charge in [0.15, 0.2) is 6.10 Å². The number of para-hydroxylation sites is 1. The van der Waals surface area contributed by atoms with Gasteiger partial charge in [0.1, 0.15) is 5.92 Å². The normalized spacial score (nSPS) is 22.9. The number of rotatable bonds is 3. The van der Waals surface area contributed by atoms with Crippen LogP contribution in [-0.2, 0) is 14.4 Å². The van der Waals surface area contributed by atoms with Crippen LogP contribution in [-0.4, -0.2) is 17.9 Å². The van der Waals surface area contributed by atoms with Gasteiger partial charge >= 0.3 is 0 Å². The molecule has 156 valence electrons. The number of hydrogen-bond acceptors (Lipinski definition) is 4. The molecule has 0 bridgehead atoms. The minimum atomic E-state index is -0.972. The lowest BCUT2D eigenvalue weighted by atomic mass is 9.90. The van der Waals surface area contributed by atoms with Gasteiger partial charge in [0.25, 0.3) is 5.91 Å². The Morgan fingerprint density at radius 3 is 2.10 bits per heavy atom. The monoisotopic (exact) mass is 472 g/mol. The highest BCUT2D eigenvalue weighted by molar-refractivity contribution is 6.35. The second-order valence-electron chi connectivity index (χ2n) is 7.31. The third-order valence-electron chi connectivity index (χ3n) is 5.49. The fourth-order valence-electron chi connectivity index (χ4n) is 4.12. The number of carbonyl (C=O) groups excluding carboxylic acids is 2. The van der Waals surface area contributed by atoms with Crippen LogP contribution in [0.25, 0.3) is 0 Å². The van der Waals surface area contributed by atoms with Crippen LogP contribution in [0.1, 0.15) is 11.6 Å². The van der Waals surface area contributed by atoms with E-state index in [4.69, 9.17) is 39.6 Å². The van der Waals surface area contributed by atoms with Gasteiger partial charge < -0.3 is 0 Å². The zero-order valence-corrected chi connectivity index (χ0v) is 18.2. The number of carbonyl (C=O) groups is 2. The average Bonchev–Trinajstić information content (AvgIpc) is 3.25. The van der Waals surface area contributed by atoms with Crippen LogP contribution in [0.2, 0.25) is 15.1 Å². The Kier molecular flexibility index (Phi) is 5.15. The van der Waals surface area contributed by atoms with E-state index in [2.05, 4.69) is 0 Å². The number of anilines is 2. The molecule has 0 N–H and O–H groups in total. The summed E-state index contributed by atoms with van der Waals surface area (Å²) in [4.78, 5) is 34.0. The van der Waals surface area contributed by atoms with Crippen LogP contribution in [0, 0.1) is 5.92 Å². The van der Waals surface area contributed by atoms with E-state index in [9.17, 15) is 9.59 Å². The first kappa shape index (κ1) is 20.3. The Morgan fingerprint density at radius 1 is 0.742 bits per heavy atom. The molecule has 31 heavy (non-hydrogen) atoms. The molecule has 3 atom stereocenters. The molecule has 0 spiro atoms. The molecule has 2 saturated heterocycles. The van der Waals surface area contributed by atoms with Gasteiger partial charge in [0, 0.05) is 15.1 Å². The molecule has 2 aliphatic heterocycles. The molecule has 3 aromatic carbocycles. The predicted molar refractivity (Wildman–Crippen MR) is 120 cm³/mol. The molecule has 0 aliphatic carbocycles. The van der Waals surface area contributed by atoms with Crippen molar-refractivity contribution in [3.8, 4) is 0 Å². The van der Waals surface area contributed by atoms with Crippen LogP contribution < -0.4 is 9.96 Å². The van der Waals surface area contributed by atoms with Gasteiger partial charge in [-0.15, -0.1) is 0 Å². The van der Waals surface area contributed by atoms with E-state index in [1.54, 1.807) is 71.8 Å². The standard InChI is InChI=1S/C23H15Cl3N2O3/c24-13-6-9-16(10-7-13)28-20(17-11-8-14(25)12-18(17)26)19-21(31-28)23(30)27(22(19)29)15-4-2-1-3-5-15/h1-12,19-21H/t19-,20-,21+/m1/s1. The van der Waals surface area contributed by atoms with Crippen molar-refractivity contribution in [3.05, 3.63) is 93.4 Å². The fourth-order valence-corrected chi connectivity index (χ4v) is 4.76. The average molecular weight is 474 g/mol. The van der Waals surface area contributed by atoms with Crippen LogP contribution in [0.4, 0.5) is 11.4 Å². The van der Waals surface area contributed by atoms with Crippen molar-refractivity contribution in [1.29, 1.82) is 0 Å². The van der Waals surface area contributed by atoms with Gasteiger partial charge in [-0.3, -0.25) is 14.4 Å². The smallest absolute Gasteiger partial charge is 0.266 e.